The molecule has 0 unspecified atom stereocenters. The number of aromatic nitrogens is 4. The van der Waals surface area contributed by atoms with Crippen molar-refractivity contribution < 1.29 is 13.5 Å². The number of rotatable bonds is 9. The van der Waals surface area contributed by atoms with Gasteiger partial charge in [-0.1, -0.05) is 17.7 Å². The third-order valence-corrected chi connectivity index (χ3v) is 7.66. The summed E-state index contributed by atoms with van der Waals surface area (Å²) in [4.78, 5) is 8.85. The van der Waals surface area contributed by atoms with Crippen LogP contribution in [-0.2, 0) is 16.6 Å². The molecule has 13 heteroatoms. The minimum absolute atomic E-state index is 0.0221. The highest BCUT2D eigenvalue weighted by Gasteiger charge is 2.25. The zero-order valence-corrected chi connectivity index (χ0v) is 22.2. The first-order valence-corrected chi connectivity index (χ1v) is 14.1. The van der Waals surface area contributed by atoms with Crippen molar-refractivity contribution in [3.63, 3.8) is 0 Å². The number of anilines is 1. The first-order chi connectivity index (χ1) is 17.6. The average Bonchev–Trinajstić information content (AvgIpc) is 3.33. The molecule has 11 nitrogen and oxygen atoms in total. The molecule has 3 aromatic rings. The van der Waals surface area contributed by atoms with Gasteiger partial charge < -0.3 is 15.7 Å². The van der Waals surface area contributed by atoms with E-state index in [0.717, 1.165) is 5.56 Å². The fraction of sp³-hybridized carbons (Fsp3) is 0.417. The number of sulfonamides is 1. The van der Waals surface area contributed by atoms with Gasteiger partial charge in [0.25, 0.3) is 0 Å². The molecular weight excluding hydrogens is 516 g/mol. The predicted molar refractivity (Wildman–Crippen MR) is 141 cm³/mol. The first kappa shape index (κ1) is 27.0. The van der Waals surface area contributed by atoms with Gasteiger partial charge in [0, 0.05) is 44.0 Å². The SMILES string of the molecule is C[C@@H](O)CNCc1ccc(-n2cc(-c3nc(NC4CCN(S(C)(=O)=O)CC4)ncc3C#N)cn2)c(Cl)c1. The Balaban J connectivity index is 1.49. The number of hydrogen-bond acceptors (Lipinski definition) is 9. The van der Waals surface area contributed by atoms with Gasteiger partial charge in [-0.15, -0.1) is 0 Å². The summed E-state index contributed by atoms with van der Waals surface area (Å²) in [7, 11) is -3.20. The van der Waals surface area contributed by atoms with Gasteiger partial charge in [-0.2, -0.15) is 10.4 Å². The molecule has 1 fully saturated rings. The fourth-order valence-corrected chi connectivity index (χ4v) is 5.28. The van der Waals surface area contributed by atoms with Crippen LogP contribution < -0.4 is 10.6 Å². The van der Waals surface area contributed by atoms with Gasteiger partial charge in [0.05, 0.1) is 46.7 Å². The maximum absolute atomic E-state index is 11.8. The molecule has 0 radical (unpaired) electrons. The number of aliphatic hydroxyl groups is 1. The Hall–Kier alpha value is -3.08. The predicted octanol–water partition coefficient (Wildman–Crippen LogP) is 2.16. The molecule has 4 rings (SSSR count). The molecule has 2 aromatic heterocycles. The largest absolute Gasteiger partial charge is 0.392 e. The Morgan fingerprint density at radius 2 is 2.05 bits per heavy atom. The molecule has 1 saturated heterocycles. The van der Waals surface area contributed by atoms with Crippen molar-refractivity contribution in [1.82, 2.24) is 29.4 Å². The summed E-state index contributed by atoms with van der Waals surface area (Å²) in [6.45, 7) is 3.64. The standard InChI is InChI=1S/C24H29ClN8O3S/c1-16(34)11-27-12-17-3-4-22(21(25)9-17)33-15-19(14-29-33)23-18(10-26)13-28-24(31-23)30-20-5-7-32(8-6-20)37(2,35)36/h3-4,9,13-16,20,27,34H,5-8,11-12H2,1-2H3,(H,28,30,31)/t16-/m1/s1. The van der Waals surface area contributed by atoms with Crippen LogP contribution in [0.4, 0.5) is 5.95 Å². The van der Waals surface area contributed by atoms with E-state index in [-0.39, 0.29) is 6.04 Å². The normalized spacial score (nSPS) is 15.9. The highest BCUT2D eigenvalue weighted by Crippen LogP contribution is 2.27. The molecule has 0 amide bonds. The summed E-state index contributed by atoms with van der Waals surface area (Å²) in [6, 6.07) is 7.79. The van der Waals surface area contributed by atoms with Crippen molar-refractivity contribution in [3.05, 3.63) is 52.9 Å². The Labute approximate surface area is 221 Å². The van der Waals surface area contributed by atoms with E-state index in [0.29, 0.717) is 72.5 Å². The van der Waals surface area contributed by atoms with Gasteiger partial charge in [0.2, 0.25) is 16.0 Å². The molecule has 1 aliphatic heterocycles. The molecule has 0 spiro atoms. The summed E-state index contributed by atoms with van der Waals surface area (Å²) >= 11 is 6.52. The Bertz CT molecular complexity index is 1400. The Morgan fingerprint density at radius 3 is 2.70 bits per heavy atom. The van der Waals surface area contributed by atoms with Crippen molar-refractivity contribution in [2.45, 2.75) is 38.5 Å². The van der Waals surface area contributed by atoms with Gasteiger partial charge in [0.1, 0.15) is 6.07 Å². The molecule has 37 heavy (non-hydrogen) atoms. The van der Waals surface area contributed by atoms with Crippen LogP contribution in [0.25, 0.3) is 16.9 Å². The Kier molecular flexibility index (Phi) is 8.41. The molecule has 1 atom stereocenters. The van der Waals surface area contributed by atoms with Crippen LogP contribution in [0.3, 0.4) is 0 Å². The first-order valence-electron chi connectivity index (χ1n) is 11.9. The van der Waals surface area contributed by atoms with Gasteiger partial charge in [0.15, 0.2) is 0 Å². The number of nitrogens with zero attached hydrogens (tertiary/aromatic N) is 6. The third kappa shape index (κ3) is 6.82. The van der Waals surface area contributed by atoms with Gasteiger partial charge in [-0.3, -0.25) is 0 Å². The fourth-order valence-electron chi connectivity index (χ4n) is 4.12. The van der Waals surface area contributed by atoms with Crippen LogP contribution in [0.1, 0.15) is 30.9 Å². The van der Waals surface area contributed by atoms with Crippen LogP contribution in [0.2, 0.25) is 5.02 Å². The van der Waals surface area contributed by atoms with E-state index in [2.05, 4.69) is 31.8 Å². The highest BCUT2D eigenvalue weighted by molar-refractivity contribution is 7.88. The Morgan fingerprint density at radius 1 is 1.30 bits per heavy atom. The number of nitrogens with one attached hydrogen (secondary N) is 2. The second-order valence-corrected chi connectivity index (χ2v) is 11.5. The third-order valence-electron chi connectivity index (χ3n) is 6.05. The monoisotopic (exact) mass is 544 g/mol. The van der Waals surface area contributed by atoms with Crippen molar-refractivity contribution in [1.29, 1.82) is 5.26 Å². The number of halogens is 1. The van der Waals surface area contributed by atoms with Crippen LogP contribution in [0.15, 0.2) is 36.8 Å². The number of benzene rings is 1. The molecule has 0 aliphatic carbocycles. The lowest BCUT2D eigenvalue weighted by Gasteiger charge is -2.30. The lowest BCUT2D eigenvalue weighted by Crippen LogP contribution is -2.42. The van der Waals surface area contributed by atoms with Crippen molar-refractivity contribution in [2.75, 3.05) is 31.2 Å². The molecule has 0 bridgehead atoms. The van der Waals surface area contributed by atoms with E-state index in [1.165, 1.54) is 16.8 Å². The summed E-state index contributed by atoms with van der Waals surface area (Å²) < 4.78 is 26.6. The topological polar surface area (TPSA) is 149 Å². The van der Waals surface area contributed by atoms with E-state index in [9.17, 15) is 18.8 Å². The highest BCUT2D eigenvalue weighted by atomic mass is 35.5. The minimum Gasteiger partial charge on any atom is -0.392 e. The molecule has 1 aliphatic rings. The molecular formula is C24H29ClN8O3S. The lowest BCUT2D eigenvalue weighted by atomic mass is 10.1. The van der Waals surface area contributed by atoms with Crippen LogP contribution in [0, 0.1) is 11.3 Å². The van der Waals surface area contributed by atoms with E-state index in [1.807, 2.05) is 18.2 Å². The molecule has 3 N–H and O–H groups in total. The van der Waals surface area contributed by atoms with Gasteiger partial charge in [-0.25, -0.2) is 27.4 Å². The number of aliphatic hydroxyl groups excluding tert-OH is 1. The van der Waals surface area contributed by atoms with Crippen molar-refractivity contribution >= 4 is 27.6 Å². The van der Waals surface area contributed by atoms with Crippen LogP contribution in [0.5, 0.6) is 0 Å². The van der Waals surface area contributed by atoms with Crippen LogP contribution in [-0.4, -0.2) is 75.6 Å². The number of nitriles is 1. The second-order valence-electron chi connectivity index (χ2n) is 9.09. The maximum atomic E-state index is 11.8. The number of piperidine rings is 1. The van der Waals surface area contributed by atoms with Crippen molar-refractivity contribution in [3.8, 4) is 23.0 Å². The summed E-state index contributed by atoms with van der Waals surface area (Å²) in [6.07, 6.45) is 6.89. The molecule has 196 valence electrons. The van der Waals surface area contributed by atoms with Gasteiger partial charge >= 0.3 is 0 Å². The second kappa shape index (κ2) is 11.5. The zero-order valence-electron chi connectivity index (χ0n) is 20.6. The molecule has 1 aromatic carbocycles. The average molecular weight is 545 g/mol. The maximum Gasteiger partial charge on any atom is 0.223 e. The van der Waals surface area contributed by atoms with Crippen LogP contribution >= 0.6 is 11.6 Å². The van der Waals surface area contributed by atoms with E-state index >= 15 is 0 Å². The summed E-state index contributed by atoms with van der Waals surface area (Å²) in [5, 5.41) is 30.4. The molecule has 3 heterocycles. The zero-order chi connectivity index (χ0) is 26.6. The smallest absolute Gasteiger partial charge is 0.223 e. The van der Waals surface area contributed by atoms with E-state index in [4.69, 9.17) is 11.6 Å². The number of hydrogen-bond donors (Lipinski definition) is 3. The van der Waals surface area contributed by atoms with Crippen molar-refractivity contribution in [2.24, 2.45) is 0 Å². The minimum atomic E-state index is -3.20. The summed E-state index contributed by atoms with van der Waals surface area (Å²) in [5.41, 5.74) is 3.03. The van der Waals surface area contributed by atoms with E-state index in [1.54, 1.807) is 24.0 Å². The van der Waals surface area contributed by atoms with Gasteiger partial charge in [-0.05, 0) is 37.5 Å². The van der Waals surface area contributed by atoms with E-state index < -0.39 is 16.1 Å². The quantitative estimate of drug-likeness (QED) is 0.368. The molecule has 0 saturated carbocycles. The lowest BCUT2D eigenvalue weighted by molar-refractivity contribution is 0.191. The summed E-state index contributed by atoms with van der Waals surface area (Å²) in [5.74, 6) is 0.367.